The summed E-state index contributed by atoms with van der Waals surface area (Å²) < 4.78 is 7.79. The standard InChI is InChI=1S/C15H19N3O2S/c1-10-3-4-13-12(9-10)16-15(21)18(13)11(2)14(19)17-5-7-20-8-6-17/h3-4,9,11H,5-8H2,1-2H3,(H,16,21). The molecule has 1 fully saturated rings. The van der Waals surface area contributed by atoms with Crippen molar-refractivity contribution < 1.29 is 9.53 Å². The molecule has 1 aromatic carbocycles. The fourth-order valence-electron chi connectivity index (χ4n) is 2.79. The molecule has 1 N–H and O–H groups in total. The van der Waals surface area contributed by atoms with Crippen molar-refractivity contribution in [2.75, 3.05) is 26.3 Å². The topological polar surface area (TPSA) is 50.3 Å². The number of amides is 1. The van der Waals surface area contributed by atoms with Crippen LogP contribution < -0.4 is 0 Å². The molecule has 1 aliphatic heterocycles. The van der Waals surface area contributed by atoms with E-state index in [0.29, 0.717) is 31.1 Å². The van der Waals surface area contributed by atoms with Crippen LogP contribution in [0.4, 0.5) is 0 Å². The van der Waals surface area contributed by atoms with Crippen LogP contribution in [0, 0.1) is 11.7 Å². The molecule has 1 atom stereocenters. The Morgan fingerprint density at radius 2 is 2.10 bits per heavy atom. The van der Waals surface area contributed by atoms with Crippen molar-refractivity contribution in [1.29, 1.82) is 0 Å². The minimum atomic E-state index is -0.313. The van der Waals surface area contributed by atoms with E-state index >= 15 is 0 Å². The highest BCUT2D eigenvalue weighted by molar-refractivity contribution is 7.71. The number of H-pyrrole nitrogens is 1. The van der Waals surface area contributed by atoms with Crippen LogP contribution >= 0.6 is 12.2 Å². The maximum Gasteiger partial charge on any atom is 0.245 e. The second-order valence-corrected chi connectivity index (χ2v) is 5.82. The molecule has 1 amide bonds. The maximum absolute atomic E-state index is 12.6. The van der Waals surface area contributed by atoms with Crippen molar-refractivity contribution in [1.82, 2.24) is 14.5 Å². The number of aromatic amines is 1. The minimum absolute atomic E-state index is 0.0934. The lowest BCUT2D eigenvalue weighted by Gasteiger charge is -2.29. The summed E-state index contributed by atoms with van der Waals surface area (Å²) in [5.41, 5.74) is 3.11. The molecule has 3 rings (SSSR count). The molecule has 0 saturated carbocycles. The summed E-state index contributed by atoms with van der Waals surface area (Å²) in [6.07, 6.45) is 0. The number of benzene rings is 1. The number of nitrogens with zero attached hydrogens (tertiary/aromatic N) is 2. The quantitative estimate of drug-likeness (QED) is 0.867. The third-order valence-electron chi connectivity index (χ3n) is 3.94. The smallest absolute Gasteiger partial charge is 0.245 e. The third-order valence-corrected chi connectivity index (χ3v) is 4.24. The van der Waals surface area contributed by atoms with E-state index < -0.39 is 0 Å². The summed E-state index contributed by atoms with van der Waals surface area (Å²) in [4.78, 5) is 17.7. The number of imidazole rings is 1. The molecule has 5 nitrogen and oxygen atoms in total. The SMILES string of the molecule is Cc1ccc2c(c1)[nH]c(=S)n2C(C)C(=O)N1CCOCC1. The molecule has 1 saturated heterocycles. The van der Waals surface area contributed by atoms with Crippen LogP contribution in [0.3, 0.4) is 0 Å². The van der Waals surface area contributed by atoms with Gasteiger partial charge in [-0.15, -0.1) is 0 Å². The molecular formula is C15H19N3O2S. The number of hydrogen-bond donors (Lipinski definition) is 1. The van der Waals surface area contributed by atoms with Gasteiger partial charge in [-0.2, -0.15) is 0 Å². The maximum atomic E-state index is 12.6. The molecule has 0 aliphatic carbocycles. The number of nitrogens with one attached hydrogen (secondary N) is 1. The van der Waals surface area contributed by atoms with E-state index in [-0.39, 0.29) is 11.9 Å². The van der Waals surface area contributed by atoms with Gasteiger partial charge >= 0.3 is 0 Å². The fourth-order valence-corrected chi connectivity index (χ4v) is 3.15. The van der Waals surface area contributed by atoms with Gasteiger partial charge in [0.1, 0.15) is 6.04 Å². The van der Waals surface area contributed by atoms with Crippen molar-refractivity contribution >= 4 is 29.2 Å². The Labute approximate surface area is 128 Å². The zero-order valence-electron chi connectivity index (χ0n) is 12.3. The Kier molecular flexibility index (Phi) is 3.82. The predicted molar refractivity (Wildman–Crippen MR) is 84.0 cm³/mol. The molecule has 0 bridgehead atoms. The van der Waals surface area contributed by atoms with Gasteiger partial charge in [0.05, 0.1) is 24.2 Å². The monoisotopic (exact) mass is 305 g/mol. The van der Waals surface area contributed by atoms with Gasteiger partial charge in [-0.1, -0.05) is 6.07 Å². The lowest BCUT2D eigenvalue weighted by Crippen LogP contribution is -2.43. The molecule has 21 heavy (non-hydrogen) atoms. The second-order valence-electron chi connectivity index (χ2n) is 5.43. The average molecular weight is 305 g/mol. The molecule has 0 spiro atoms. The van der Waals surface area contributed by atoms with Gasteiger partial charge < -0.3 is 19.2 Å². The fraction of sp³-hybridized carbons (Fsp3) is 0.467. The van der Waals surface area contributed by atoms with Crippen LogP contribution in [0.2, 0.25) is 0 Å². The van der Waals surface area contributed by atoms with Crippen molar-refractivity contribution in [3.8, 4) is 0 Å². The van der Waals surface area contributed by atoms with E-state index in [1.54, 1.807) is 0 Å². The van der Waals surface area contributed by atoms with Gasteiger partial charge in [0, 0.05) is 13.1 Å². The Morgan fingerprint density at radius 3 is 2.81 bits per heavy atom. The predicted octanol–water partition coefficient (Wildman–Crippen LogP) is 2.43. The third kappa shape index (κ3) is 2.61. The second kappa shape index (κ2) is 5.61. The van der Waals surface area contributed by atoms with Crippen molar-refractivity contribution in [2.45, 2.75) is 19.9 Å². The van der Waals surface area contributed by atoms with Crippen LogP contribution in [0.1, 0.15) is 18.5 Å². The number of rotatable bonds is 2. The van der Waals surface area contributed by atoms with E-state index in [0.717, 1.165) is 16.6 Å². The zero-order chi connectivity index (χ0) is 15.0. The number of carbonyl (C=O) groups is 1. The van der Waals surface area contributed by atoms with Gasteiger partial charge in [0.15, 0.2) is 4.77 Å². The number of ether oxygens (including phenoxy) is 1. The Balaban J connectivity index is 1.97. The van der Waals surface area contributed by atoms with Crippen molar-refractivity contribution in [2.24, 2.45) is 0 Å². The highest BCUT2D eigenvalue weighted by atomic mass is 32.1. The first-order chi connectivity index (χ1) is 10.1. The Morgan fingerprint density at radius 1 is 1.38 bits per heavy atom. The van der Waals surface area contributed by atoms with E-state index in [9.17, 15) is 4.79 Å². The van der Waals surface area contributed by atoms with Gasteiger partial charge in [0.2, 0.25) is 5.91 Å². The van der Waals surface area contributed by atoms with Crippen LogP contribution in [-0.2, 0) is 9.53 Å². The summed E-state index contributed by atoms with van der Waals surface area (Å²) in [7, 11) is 0. The van der Waals surface area contributed by atoms with E-state index in [1.807, 2.05) is 41.5 Å². The summed E-state index contributed by atoms with van der Waals surface area (Å²) in [6.45, 7) is 6.46. The molecule has 112 valence electrons. The number of morpholine rings is 1. The Hall–Kier alpha value is -1.66. The van der Waals surface area contributed by atoms with E-state index in [4.69, 9.17) is 17.0 Å². The van der Waals surface area contributed by atoms with Gasteiger partial charge in [-0.05, 0) is 43.8 Å². The number of aromatic nitrogens is 2. The van der Waals surface area contributed by atoms with Gasteiger partial charge in [-0.3, -0.25) is 4.79 Å². The minimum Gasteiger partial charge on any atom is -0.378 e. The van der Waals surface area contributed by atoms with E-state index in [1.165, 1.54) is 0 Å². The lowest BCUT2D eigenvalue weighted by molar-refractivity contribution is -0.138. The number of carbonyl (C=O) groups excluding carboxylic acids is 1. The van der Waals surface area contributed by atoms with Crippen molar-refractivity contribution in [3.05, 3.63) is 28.5 Å². The summed E-state index contributed by atoms with van der Waals surface area (Å²) in [5.74, 6) is 0.0934. The van der Waals surface area contributed by atoms with Gasteiger partial charge in [-0.25, -0.2) is 0 Å². The molecular weight excluding hydrogens is 286 g/mol. The van der Waals surface area contributed by atoms with Crippen LogP contribution in [0.25, 0.3) is 11.0 Å². The molecule has 2 heterocycles. The molecule has 2 aromatic rings. The molecule has 1 aliphatic rings. The summed E-state index contributed by atoms with van der Waals surface area (Å²) in [6, 6.07) is 5.79. The number of aryl methyl sites for hydroxylation is 1. The molecule has 6 heteroatoms. The largest absolute Gasteiger partial charge is 0.378 e. The van der Waals surface area contributed by atoms with Crippen LogP contribution in [-0.4, -0.2) is 46.7 Å². The van der Waals surface area contributed by atoms with Crippen molar-refractivity contribution in [3.63, 3.8) is 0 Å². The highest BCUT2D eigenvalue weighted by Gasteiger charge is 2.25. The molecule has 1 aromatic heterocycles. The zero-order valence-corrected chi connectivity index (χ0v) is 13.1. The lowest BCUT2D eigenvalue weighted by atomic mass is 10.2. The van der Waals surface area contributed by atoms with E-state index in [2.05, 4.69) is 4.98 Å². The first-order valence-corrected chi connectivity index (χ1v) is 7.56. The number of hydrogen-bond acceptors (Lipinski definition) is 3. The molecule has 0 radical (unpaired) electrons. The first kappa shape index (κ1) is 14.3. The first-order valence-electron chi connectivity index (χ1n) is 7.15. The van der Waals surface area contributed by atoms with Gasteiger partial charge in [0.25, 0.3) is 0 Å². The Bertz CT molecular complexity index is 728. The summed E-state index contributed by atoms with van der Waals surface area (Å²) >= 11 is 5.41. The normalized spacial score (nSPS) is 17.1. The average Bonchev–Trinajstić information content (AvgIpc) is 2.81. The van der Waals surface area contributed by atoms with Crippen LogP contribution in [0.5, 0.6) is 0 Å². The number of fused-ring (bicyclic) bond motifs is 1. The molecule has 1 unspecified atom stereocenters. The highest BCUT2D eigenvalue weighted by Crippen LogP contribution is 2.22. The van der Waals surface area contributed by atoms with Crippen LogP contribution in [0.15, 0.2) is 18.2 Å². The summed E-state index contributed by atoms with van der Waals surface area (Å²) in [5, 5.41) is 0.